The highest BCUT2D eigenvalue weighted by atomic mass is 16.2. The van der Waals surface area contributed by atoms with Crippen molar-refractivity contribution >= 4 is 17.7 Å². The zero-order valence-corrected chi connectivity index (χ0v) is 19.1. The molecule has 2 N–H and O–H groups in total. The van der Waals surface area contributed by atoms with Gasteiger partial charge in [-0.15, -0.1) is 0 Å². The lowest BCUT2D eigenvalue weighted by Crippen LogP contribution is -2.52. The van der Waals surface area contributed by atoms with E-state index in [0.717, 1.165) is 17.9 Å². The molecule has 6 nitrogen and oxygen atoms in total. The van der Waals surface area contributed by atoms with Gasteiger partial charge in [-0.1, -0.05) is 31.4 Å². The predicted molar refractivity (Wildman–Crippen MR) is 122 cm³/mol. The van der Waals surface area contributed by atoms with Gasteiger partial charge in [0.1, 0.15) is 6.04 Å². The Balaban J connectivity index is 1.26. The monoisotopic (exact) mass is 437 g/mol. The number of piperidine rings is 1. The van der Waals surface area contributed by atoms with Crippen molar-refractivity contribution in [3.8, 4) is 0 Å². The van der Waals surface area contributed by atoms with Gasteiger partial charge in [0.15, 0.2) is 0 Å². The van der Waals surface area contributed by atoms with Crippen LogP contribution in [0.5, 0.6) is 0 Å². The minimum atomic E-state index is -0.545. The lowest BCUT2D eigenvalue weighted by molar-refractivity contribution is -0.136. The predicted octanol–water partition coefficient (Wildman–Crippen LogP) is 3.33. The first kappa shape index (κ1) is 21.6. The van der Waals surface area contributed by atoms with E-state index in [9.17, 15) is 14.4 Å². The maximum atomic E-state index is 12.9. The van der Waals surface area contributed by atoms with E-state index in [1.165, 1.54) is 50.5 Å². The number of fused-ring (bicyclic) bond motifs is 1. The molecular weight excluding hydrogens is 402 g/mol. The first-order valence-corrected chi connectivity index (χ1v) is 12.5. The third kappa shape index (κ3) is 4.21. The zero-order chi connectivity index (χ0) is 22.2. The number of nitrogens with one attached hydrogen (secondary N) is 2. The van der Waals surface area contributed by atoms with Crippen LogP contribution in [0.4, 0.5) is 0 Å². The van der Waals surface area contributed by atoms with Gasteiger partial charge in [-0.05, 0) is 74.5 Å². The number of nitrogens with zero attached hydrogens (tertiary/aromatic N) is 1. The summed E-state index contributed by atoms with van der Waals surface area (Å²) in [7, 11) is 0. The van der Waals surface area contributed by atoms with Crippen molar-refractivity contribution in [2.24, 2.45) is 11.8 Å². The molecule has 0 bridgehead atoms. The number of rotatable bonds is 6. The van der Waals surface area contributed by atoms with Gasteiger partial charge in [0.05, 0.1) is 0 Å². The first-order valence-electron chi connectivity index (χ1n) is 12.5. The van der Waals surface area contributed by atoms with Gasteiger partial charge in [0, 0.05) is 30.6 Å². The van der Waals surface area contributed by atoms with E-state index < -0.39 is 6.04 Å². The second kappa shape index (κ2) is 8.97. The summed E-state index contributed by atoms with van der Waals surface area (Å²) in [5.74, 6) is 0.793. The lowest BCUT2D eigenvalue weighted by Gasteiger charge is -2.39. The minimum absolute atomic E-state index is 0.0902. The van der Waals surface area contributed by atoms with Crippen LogP contribution in [0, 0.1) is 11.8 Å². The highest BCUT2D eigenvalue weighted by molar-refractivity contribution is 6.05. The smallest absolute Gasteiger partial charge is 0.255 e. The molecule has 2 aliphatic carbocycles. The Labute approximate surface area is 190 Å². The summed E-state index contributed by atoms with van der Waals surface area (Å²) < 4.78 is 0. The van der Waals surface area contributed by atoms with Crippen molar-refractivity contribution in [1.29, 1.82) is 0 Å². The number of benzene rings is 1. The van der Waals surface area contributed by atoms with E-state index in [2.05, 4.69) is 29.7 Å². The van der Waals surface area contributed by atoms with E-state index in [0.29, 0.717) is 36.5 Å². The van der Waals surface area contributed by atoms with Crippen LogP contribution in [-0.2, 0) is 22.6 Å². The van der Waals surface area contributed by atoms with Crippen LogP contribution in [-0.4, -0.2) is 40.7 Å². The Morgan fingerprint density at radius 2 is 1.88 bits per heavy atom. The highest BCUT2D eigenvalue weighted by Gasteiger charge is 2.39. The van der Waals surface area contributed by atoms with Crippen molar-refractivity contribution in [2.45, 2.75) is 95.8 Å². The summed E-state index contributed by atoms with van der Waals surface area (Å²) >= 11 is 0. The topological polar surface area (TPSA) is 78.5 Å². The fourth-order valence-electron chi connectivity index (χ4n) is 6.14. The summed E-state index contributed by atoms with van der Waals surface area (Å²) in [5.41, 5.74) is 3.01. The maximum Gasteiger partial charge on any atom is 0.255 e. The summed E-state index contributed by atoms with van der Waals surface area (Å²) in [5, 5.41) is 6.35. The molecule has 32 heavy (non-hydrogen) atoms. The molecule has 2 unspecified atom stereocenters. The van der Waals surface area contributed by atoms with E-state index in [1.54, 1.807) is 4.90 Å². The van der Waals surface area contributed by atoms with Crippen LogP contribution >= 0.6 is 0 Å². The molecular formula is C26H35N3O3. The molecule has 0 spiro atoms. The van der Waals surface area contributed by atoms with Gasteiger partial charge < -0.3 is 10.2 Å². The SMILES string of the molecule is CC(N[C@H]1CCCC[C@@H]1Cc1ccc2c(c1)CN(C1CCC(=O)NC1=O)C2=O)C1CCC1. The Morgan fingerprint density at radius 1 is 1.06 bits per heavy atom. The third-order valence-electron chi connectivity index (χ3n) is 8.33. The largest absolute Gasteiger partial charge is 0.322 e. The van der Waals surface area contributed by atoms with Crippen molar-refractivity contribution in [3.05, 3.63) is 34.9 Å². The summed E-state index contributed by atoms with van der Waals surface area (Å²) in [6, 6.07) is 6.87. The van der Waals surface area contributed by atoms with Crippen LogP contribution in [0.1, 0.15) is 86.2 Å². The number of amides is 3. The molecule has 2 saturated carbocycles. The molecule has 3 amide bonds. The quantitative estimate of drug-likeness (QED) is 0.669. The van der Waals surface area contributed by atoms with E-state index in [4.69, 9.17) is 0 Å². The molecule has 3 fully saturated rings. The maximum absolute atomic E-state index is 12.9. The number of imide groups is 1. The number of carbonyl (C=O) groups is 3. The van der Waals surface area contributed by atoms with Gasteiger partial charge in [-0.25, -0.2) is 0 Å². The standard InChI is InChI=1S/C26H35N3O3/c1-16(18-6-4-7-18)27-22-8-3-2-5-19(22)13-17-9-10-21-20(14-17)15-29(26(21)32)23-11-12-24(30)28-25(23)31/h9-10,14,16,18-19,22-23,27H,2-8,11-13,15H2,1H3,(H,28,30,31)/t16?,19-,22+,23?/m1/s1. The second-order valence-electron chi connectivity index (χ2n) is 10.4. The van der Waals surface area contributed by atoms with Crippen molar-refractivity contribution in [1.82, 2.24) is 15.5 Å². The van der Waals surface area contributed by atoms with E-state index in [-0.39, 0.29) is 24.1 Å². The molecule has 6 heteroatoms. The third-order valence-corrected chi connectivity index (χ3v) is 8.33. The van der Waals surface area contributed by atoms with Crippen LogP contribution in [0.25, 0.3) is 0 Å². The Morgan fingerprint density at radius 3 is 2.62 bits per heavy atom. The lowest BCUT2D eigenvalue weighted by atomic mass is 9.77. The molecule has 2 heterocycles. The van der Waals surface area contributed by atoms with Gasteiger partial charge in [0.25, 0.3) is 5.91 Å². The molecule has 172 valence electrons. The summed E-state index contributed by atoms with van der Waals surface area (Å²) in [6.07, 6.45) is 11.0. The summed E-state index contributed by atoms with van der Waals surface area (Å²) in [4.78, 5) is 38.3. The molecule has 0 aromatic heterocycles. The highest BCUT2D eigenvalue weighted by Crippen LogP contribution is 2.34. The molecule has 5 rings (SSSR count). The van der Waals surface area contributed by atoms with Gasteiger partial charge in [-0.2, -0.15) is 0 Å². The molecule has 1 saturated heterocycles. The van der Waals surface area contributed by atoms with Crippen molar-refractivity contribution in [3.63, 3.8) is 0 Å². The number of hydrogen-bond donors (Lipinski definition) is 2. The first-order chi connectivity index (χ1) is 15.5. The van der Waals surface area contributed by atoms with Crippen LogP contribution in [0.2, 0.25) is 0 Å². The minimum Gasteiger partial charge on any atom is -0.322 e. The van der Waals surface area contributed by atoms with Gasteiger partial charge >= 0.3 is 0 Å². The average molecular weight is 438 g/mol. The zero-order valence-electron chi connectivity index (χ0n) is 19.1. The molecule has 1 aromatic carbocycles. The normalized spacial score (nSPS) is 29.5. The fraction of sp³-hybridized carbons (Fsp3) is 0.654. The molecule has 4 atom stereocenters. The van der Waals surface area contributed by atoms with Crippen LogP contribution in [0.15, 0.2) is 18.2 Å². The van der Waals surface area contributed by atoms with Gasteiger partial charge in [-0.3, -0.25) is 19.7 Å². The fourth-order valence-corrected chi connectivity index (χ4v) is 6.14. The molecule has 2 aliphatic heterocycles. The van der Waals surface area contributed by atoms with Crippen molar-refractivity contribution < 1.29 is 14.4 Å². The van der Waals surface area contributed by atoms with Crippen molar-refractivity contribution in [2.75, 3.05) is 0 Å². The van der Waals surface area contributed by atoms with Gasteiger partial charge in [0.2, 0.25) is 11.8 Å². The van der Waals surface area contributed by atoms with E-state index >= 15 is 0 Å². The molecule has 0 radical (unpaired) electrons. The molecule has 1 aromatic rings. The second-order valence-corrected chi connectivity index (χ2v) is 10.4. The molecule has 4 aliphatic rings. The van der Waals surface area contributed by atoms with Crippen LogP contribution < -0.4 is 10.6 Å². The van der Waals surface area contributed by atoms with Crippen LogP contribution in [0.3, 0.4) is 0 Å². The number of carbonyl (C=O) groups excluding carboxylic acids is 3. The summed E-state index contributed by atoms with van der Waals surface area (Å²) in [6.45, 7) is 2.82. The van der Waals surface area contributed by atoms with E-state index in [1.807, 2.05) is 6.07 Å². The Kier molecular flexibility index (Phi) is 6.06. The number of hydrogen-bond acceptors (Lipinski definition) is 4. The average Bonchev–Trinajstić information content (AvgIpc) is 3.04. The Bertz CT molecular complexity index is 910. The Hall–Kier alpha value is -2.21.